The number of halogens is 2. The van der Waals surface area contributed by atoms with E-state index in [0.29, 0.717) is 21.4 Å². The SMILES string of the molecule is Cc1nnc(N)nc1/C=C/c1ccccc1-c1ccc(Cl)cc1Cl. The van der Waals surface area contributed by atoms with Crippen molar-refractivity contribution in [2.75, 3.05) is 5.73 Å². The molecule has 0 radical (unpaired) electrons. The van der Waals surface area contributed by atoms with Crippen LogP contribution in [0.2, 0.25) is 10.0 Å². The van der Waals surface area contributed by atoms with Gasteiger partial charge in [0.2, 0.25) is 5.95 Å². The van der Waals surface area contributed by atoms with Crippen molar-refractivity contribution in [3.63, 3.8) is 0 Å². The molecule has 3 rings (SSSR count). The van der Waals surface area contributed by atoms with E-state index in [4.69, 9.17) is 28.9 Å². The molecule has 0 fully saturated rings. The maximum atomic E-state index is 6.34. The van der Waals surface area contributed by atoms with Gasteiger partial charge in [0.25, 0.3) is 0 Å². The Balaban J connectivity index is 2.04. The average molecular weight is 357 g/mol. The molecule has 0 aliphatic heterocycles. The quantitative estimate of drug-likeness (QED) is 0.724. The molecule has 0 bridgehead atoms. The van der Waals surface area contributed by atoms with Gasteiger partial charge in [-0.3, -0.25) is 0 Å². The number of hydrogen-bond donors (Lipinski definition) is 1. The summed E-state index contributed by atoms with van der Waals surface area (Å²) in [6.07, 6.45) is 3.82. The van der Waals surface area contributed by atoms with Gasteiger partial charge in [-0.05, 0) is 36.3 Å². The number of rotatable bonds is 3. The van der Waals surface area contributed by atoms with Gasteiger partial charge < -0.3 is 5.73 Å². The van der Waals surface area contributed by atoms with Gasteiger partial charge in [-0.15, -0.1) is 10.2 Å². The molecule has 0 atom stereocenters. The molecule has 1 heterocycles. The first-order valence-corrected chi connectivity index (χ1v) is 7.99. The molecule has 1 aromatic heterocycles. The average Bonchev–Trinajstić information content (AvgIpc) is 2.56. The van der Waals surface area contributed by atoms with Crippen molar-refractivity contribution < 1.29 is 0 Å². The van der Waals surface area contributed by atoms with Gasteiger partial charge in [0.05, 0.1) is 11.4 Å². The lowest BCUT2D eigenvalue weighted by molar-refractivity contribution is 0.932. The number of aromatic nitrogens is 3. The van der Waals surface area contributed by atoms with Gasteiger partial charge in [0.1, 0.15) is 0 Å². The summed E-state index contributed by atoms with van der Waals surface area (Å²) in [7, 11) is 0. The summed E-state index contributed by atoms with van der Waals surface area (Å²) in [4.78, 5) is 4.19. The summed E-state index contributed by atoms with van der Waals surface area (Å²) < 4.78 is 0. The van der Waals surface area contributed by atoms with Crippen molar-refractivity contribution >= 4 is 41.3 Å². The summed E-state index contributed by atoms with van der Waals surface area (Å²) in [5, 5.41) is 8.91. The van der Waals surface area contributed by atoms with E-state index in [0.717, 1.165) is 16.7 Å². The van der Waals surface area contributed by atoms with Gasteiger partial charge in [-0.2, -0.15) is 0 Å². The number of aryl methyl sites for hydroxylation is 1. The maximum Gasteiger partial charge on any atom is 0.240 e. The third-order valence-corrected chi connectivity index (χ3v) is 4.06. The standard InChI is InChI=1S/C18H14Cl2N4/c1-11-17(22-18(21)24-23-11)9-6-12-4-2-3-5-14(12)15-8-7-13(19)10-16(15)20/h2-10H,1H3,(H2,21,22,24)/b9-6+. The molecule has 3 aromatic rings. The van der Waals surface area contributed by atoms with Gasteiger partial charge >= 0.3 is 0 Å². The molecule has 0 saturated heterocycles. The minimum atomic E-state index is 0.147. The summed E-state index contributed by atoms with van der Waals surface area (Å²) in [6.45, 7) is 1.83. The predicted octanol–water partition coefficient (Wildman–Crippen LogP) is 4.91. The van der Waals surface area contributed by atoms with Crippen LogP contribution in [-0.2, 0) is 0 Å². The molecular weight excluding hydrogens is 343 g/mol. The topological polar surface area (TPSA) is 64.7 Å². The Labute approximate surface area is 150 Å². The van der Waals surface area contributed by atoms with Crippen molar-refractivity contribution in [2.24, 2.45) is 0 Å². The Hall–Kier alpha value is -2.43. The molecule has 0 saturated carbocycles. The van der Waals surface area contributed by atoms with Crippen molar-refractivity contribution in [1.82, 2.24) is 15.2 Å². The Kier molecular flexibility index (Phi) is 4.79. The summed E-state index contributed by atoms with van der Waals surface area (Å²) >= 11 is 12.3. The van der Waals surface area contributed by atoms with Crippen LogP contribution in [0.3, 0.4) is 0 Å². The number of nitrogens with two attached hydrogens (primary N) is 1. The summed E-state index contributed by atoms with van der Waals surface area (Å²) in [6, 6.07) is 13.4. The lowest BCUT2D eigenvalue weighted by atomic mass is 9.99. The number of nitrogens with zero attached hydrogens (tertiary/aromatic N) is 3. The highest BCUT2D eigenvalue weighted by Crippen LogP contribution is 2.33. The second-order valence-corrected chi connectivity index (χ2v) is 6.03. The van der Waals surface area contributed by atoms with E-state index in [-0.39, 0.29) is 5.95 Å². The first kappa shape index (κ1) is 16.4. The van der Waals surface area contributed by atoms with Crippen LogP contribution in [0, 0.1) is 6.92 Å². The molecule has 6 heteroatoms. The highest BCUT2D eigenvalue weighted by Gasteiger charge is 2.08. The van der Waals surface area contributed by atoms with Crippen molar-refractivity contribution in [2.45, 2.75) is 6.92 Å². The van der Waals surface area contributed by atoms with Crippen LogP contribution < -0.4 is 5.73 Å². The number of hydrogen-bond acceptors (Lipinski definition) is 4. The van der Waals surface area contributed by atoms with E-state index in [9.17, 15) is 0 Å². The normalized spacial score (nSPS) is 11.1. The maximum absolute atomic E-state index is 6.34. The Bertz CT molecular complexity index is 923. The van der Waals surface area contributed by atoms with Crippen LogP contribution in [0.25, 0.3) is 23.3 Å². The minimum Gasteiger partial charge on any atom is -0.366 e. The third kappa shape index (κ3) is 3.55. The lowest BCUT2D eigenvalue weighted by Gasteiger charge is -2.09. The fraction of sp³-hybridized carbons (Fsp3) is 0.0556. The molecule has 2 aromatic carbocycles. The van der Waals surface area contributed by atoms with E-state index in [1.807, 2.05) is 55.5 Å². The van der Waals surface area contributed by atoms with Gasteiger partial charge in [0, 0.05) is 15.6 Å². The molecule has 0 spiro atoms. The second-order valence-electron chi connectivity index (χ2n) is 5.19. The van der Waals surface area contributed by atoms with Crippen LogP contribution in [-0.4, -0.2) is 15.2 Å². The molecule has 24 heavy (non-hydrogen) atoms. The molecule has 0 aliphatic carbocycles. The number of nitrogen functional groups attached to an aromatic ring is 1. The molecule has 0 amide bonds. The van der Waals surface area contributed by atoms with Crippen LogP contribution in [0.15, 0.2) is 42.5 Å². The zero-order chi connectivity index (χ0) is 17.1. The second kappa shape index (κ2) is 6.99. The smallest absolute Gasteiger partial charge is 0.240 e. The monoisotopic (exact) mass is 356 g/mol. The van der Waals surface area contributed by atoms with Gasteiger partial charge in [0.15, 0.2) is 0 Å². The zero-order valence-electron chi connectivity index (χ0n) is 12.9. The molecule has 120 valence electrons. The predicted molar refractivity (Wildman–Crippen MR) is 99.8 cm³/mol. The highest BCUT2D eigenvalue weighted by molar-refractivity contribution is 6.36. The van der Waals surface area contributed by atoms with Crippen LogP contribution in [0.1, 0.15) is 17.0 Å². The zero-order valence-corrected chi connectivity index (χ0v) is 14.4. The molecule has 2 N–H and O–H groups in total. The number of anilines is 1. The van der Waals surface area contributed by atoms with Crippen LogP contribution in [0.4, 0.5) is 5.95 Å². The first-order chi connectivity index (χ1) is 11.5. The van der Waals surface area contributed by atoms with E-state index in [1.165, 1.54) is 0 Å². The van der Waals surface area contributed by atoms with Crippen molar-refractivity contribution in [1.29, 1.82) is 0 Å². The van der Waals surface area contributed by atoms with E-state index in [2.05, 4.69) is 15.2 Å². The lowest BCUT2D eigenvalue weighted by Crippen LogP contribution is -2.01. The molecule has 0 aliphatic rings. The number of benzene rings is 2. The molecule has 0 unspecified atom stereocenters. The van der Waals surface area contributed by atoms with E-state index < -0.39 is 0 Å². The molecule has 4 nitrogen and oxygen atoms in total. The van der Waals surface area contributed by atoms with Crippen molar-refractivity contribution in [3.8, 4) is 11.1 Å². The third-order valence-electron chi connectivity index (χ3n) is 3.51. The Morgan fingerprint density at radius 3 is 2.54 bits per heavy atom. The fourth-order valence-corrected chi connectivity index (χ4v) is 2.84. The van der Waals surface area contributed by atoms with Crippen molar-refractivity contribution in [3.05, 3.63) is 69.5 Å². The van der Waals surface area contributed by atoms with E-state index >= 15 is 0 Å². The van der Waals surface area contributed by atoms with Gasteiger partial charge in [-0.25, -0.2) is 4.98 Å². The largest absolute Gasteiger partial charge is 0.366 e. The van der Waals surface area contributed by atoms with Crippen LogP contribution in [0.5, 0.6) is 0 Å². The Morgan fingerprint density at radius 1 is 0.958 bits per heavy atom. The Morgan fingerprint density at radius 2 is 1.75 bits per heavy atom. The fourth-order valence-electron chi connectivity index (χ4n) is 2.33. The van der Waals surface area contributed by atoms with E-state index in [1.54, 1.807) is 6.07 Å². The van der Waals surface area contributed by atoms with Gasteiger partial charge in [-0.1, -0.05) is 59.6 Å². The minimum absolute atomic E-state index is 0.147. The summed E-state index contributed by atoms with van der Waals surface area (Å²) in [5.41, 5.74) is 9.91. The van der Waals surface area contributed by atoms with Crippen LogP contribution >= 0.6 is 23.2 Å². The highest BCUT2D eigenvalue weighted by atomic mass is 35.5. The first-order valence-electron chi connectivity index (χ1n) is 7.24. The summed E-state index contributed by atoms with van der Waals surface area (Å²) in [5.74, 6) is 0.147. The molecular formula is C18H14Cl2N4.